The number of amides is 2. The van der Waals surface area contributed by atoms with Crippen LogP contribution < -0.4 is 20.1 Å². The fraction of sp³-hybridized carbons (Fsp3) is 0.105. The Kier molecular flexibility index (Phi) is 5.54. The first-order valence-electron chi connectivity index (χ1n) is 7.89. The van der Waals surface area contributed by atoms with Crippen molar-refractivity contribution in [1.29, 1.82) is 5.26 Å². The summed E-state index contributed by atoms with van der Waals surface area (Å²) in [4.78, 5) is 16.6. The Balaban J connectivity index is 1.66. The molecule has 3 aromatic rings. The van der Waals surface area contributed by atoms with Crippen molar-refractivity contribution in [3.8, 4) is 28.8 Å². The summed E-state index contributed by atoms with van der Waals surface area (Å²) in [6.07, 6.45) is 0. The number of carbonyl (C=O) groups is 1. The van der Waals surface area contributed by atoms with Gasteiger partial charge in [-0.05, 0) is 24.3 Å². The number of hydrogen-bond acceptors (Lipinski definition) is 6. The van der Waals surface area contributed by atoms with E-state index in [1.165, 1.54) is 18.4 Å². The number of nitrogens with zero attached hydrogens (tertiary/aromatic N) is 2. The summed E-state index contributed by atoms with van der Waals surface area (Å²) in [5, 5.41) is 16.6. The molecule has 0 saturated carbocycles. The minimum absolute atomic E-state index is 0.414. The van der Waals surface area contributed by atoms with Crippen molar-refractivity contribution < 1.29 is 14.3 Å². The molecule has 0 spiro atoms. The van der Waals surface area contributed by atoms with E-state index in [0.717, 1.165) is 11.3 Å². The predicted molar refractivity (Wildman–Crippen MR) is 104 cm³/mol. The van der Waals surface area contributed by atoms with Gasteiger partial charge in [0.15, 0.2) is 16.6 Å². The van der Waals surface area contributed by atoms with E-state index < -0.39 is 6.03 Å². The molecule has 2 amide bonds. The van der Waals surface area contributed by atoms with Crippen LogP contribution in [0.5, 0.6) is 11.5 Å². The molecule has 0 atom stereocenters. The SMILES string of the molecule is COc1ccc(NC(=O)Nc2nc(-c3ccc(C#N)cc3)cs2)cc1OC. The van der Waals surface area contributed by atoms with Crippen molar-refractivity contribution in [1.82, 2.24) is 4.98 Å². The van der Waals surface area contributed by atoms with Gasteiger partial charge in [0.05, 0.1) is 31.5 Å². The van der Waals surface area contributed by atoms with Crippen LogP contribution in [0.4, 0.5) is 15.6 Å². The molecule has 7 nitrogen and oxygen atoms in total. The Labute approximate surface area is 160 Å². The molecule has 2 N–H and O–H groups in total. The van der Waals surface area contributed by atoms with Gasteiger partial charge in [0.1, 0.15) is 0 Å². The number of nitriles is 1. The number of methoxy groups -OCH3 is 2. The smallest absolute Gasteiger partial charge is 0.325 e. The fourth-order valence-electron chi connectivity index (χ4n) is 2.35. The molecule has 3 rings (SSSR count). The minimum atomic E-state index is -0.414. The fourth-order valence-corrected chi connectivity index (χ4v) is 3.07. The van der Waals surface area contributed by atoms with E-state index in [0.29, 0.717) is 27.9 Å². The Hall–Kier alpha value is -3.57. The second kappa shape index (κ2) is 8.21. The zero-order valence-electron chi connectivity index (χ0n) is 14.6. The monoisotopic (exact) mass is 380 g/mol. The summed E-state index contributed by atoms with van der Waals surface area (Å²) < 4.78 is 10.4. The Morgan fingerprint density at radius 2 is 1.81 bits per heavy atom. The summed E-state index contributed by atoms with van der Waals surface area (Å²) in [6, 6.07) is 13.8. The number of rotatable bonds is 5. The molecule has 0 radical (unpaired) electrons. The quantitative estimate of drug-likeness (QED) is 0.686. The van der Waals surface area contributed by atoms with E-state index in [-0.39, 0.29) is 0 Å². The zero-order valence-corrected chi connectivity index (χ0v) is 15.5. The zero-order chi connectivity index (χ0) is 19.2. The van der Waals surface area contributed by atoms with Crippen LogP contribution in [0.1, 0.15) is 5.56 Å². The number of thiazole rings is 1. The summed E-state index contributed by atoms with van der Waals surface area (Å²) in [7, 11) is 3.08. The number of benzene rings is 2. The molecule has 1 aromatic heterocycles. The highest BCUT2D eigenvalue weighted by Gasteiger charge is 2.10. The van der Waals surface area contributed by atoms with Crippen LogP contribution in [0, 0.1) is 11.3 Å². The molecule has 136 valence electrons. The van der Waals surface area contributed by atoms with Crippen molar-refractivity contribution in [2.45, 2.75) is 0 Å². The second-order valence-corrected chi connectivity index (χ2v) is 6.23. The number of ether oxygens (including phenoxy) is 2. The van der Waals surface area contributed by atoms with E-state index >= 15 is 0 Å². The highest BCUT2D eigenvalue weighted by molar-refractivity contribution is 7.14. The predicted octanol–water partition coefficient (Wildman–Crippen LogP) is 4.34. The highest BCUT2D eigenvalue weighted by atomic mass is 32.1. The molecule has 0 aliphatic rings. The van der Waals surface area contributed by atoms with E-state index in [1.807, 2.05) is 17.5 Å². The van der Waals surface area contributed by atoms with Crippen LogP contribution in [0.3, 0.4) is 0 Å². The average molecular weight is 380 g/mol. The number of hydrogen-bond donors (Lipinski definition) is 2. The summed E-state index contributed by atoms with van der Waals surface area (Å²) >= 11 is 1.31. The molecule has 27 heavy (non-hydrogen) atoms. The highest BCUT2D eigenvalue weighted by Crippen LogP contribution is 2.30. The molecule has 0 aliphatic heterocycles. The van der Waals surface area contributed by atoms with Crippen molar-refractivity contribution in [3.05, 3.63) is 53.4 Å². The summed E-state index contributed by atoms with van der Waals surface area (Å²) in [5.41, 5.74) is 2.75. The normalized spacial score (nSPS) is 9.96. The first-order chi connectivity index (χ1) is 13.1. The lowest BCUT2D eigenvalue weighted by atomic mass is 10.1. The Bertz CT molecular complexity index is 993. The first-order valence-corrected chi connectivity index (χ1v) is 8.77. The average Bonchev–Trinajstić information content (AvgIpc) is 3.16. The van der Waals surface area contributed by atoms with E-state index in [2.05, 4.69) is 21.7 Å². The van der Waals surface area contributed by atoms with Gasteiger partial charge in [-0.3, -0.25) is 5.32 Å². The van der Waals surface area contributed by atoms with Gasteiger partial charge in [-0.25, -0.2) is 9.78 Å². The maximum absolute atomic E-state index is 12.2. The number of carbonyl (C=O) groups excluding carboxylic acids is 1. The third-order valence-corrected chi connectivity index (χ3v) is 4.43. The van der Waals surface area contributed by atoms with Crippen LogP contribution in [0.25, 0.3) is 11.3 Å². The van der Waals surface area contributed by atoms with E-state index in [9.17, 15) is 4.79 Å². The lowest BCUT2D eigenvalue weighted by molar-refractivity contribution is 0.262. The van der Waals surface area contributed by atoms with Gasteiger partial charge < -0.3 is 14.8 Å². The van der Waals surface area contributed by atoms with E-state index in [4.69, 9.17) is 14.7 Å². The van der Waals surface area contributed by atoms with E-state index in [1.54, 1.807) is 37.4 Å². The van der Waals surface area contributed by atoms with Crippen molar-refractivity contribution in [2.24, 2.45) is 0 Å². The molecule has 1 heterocycles. The van der Waals surface area contributed by atoms with Crippen LogP contribution in [-0.2, 0) is 0 Å². The van der Waals surface area contributed by atoms with Crippen molar-refractivity contribution in [3.63, 3.8) is 0 Å². The lowest BCUT2D eigenvalue weighted by Crippen LogP contribution is -2.19. The van der Waals surface area contributed by atoms with Gasteiger partial charge in [0, 0.05) is 22.7 Å². The largest absolute Gasteiger partial charge is 0.493 e. The van der Waals surface area contributed by atoms with Gasteiger partial charge in [0.2, 0.25) is 0 Å². The molecule has 0 saturated heterocycles. The molecule has 0 aliphatic carbocycles. The Morgan fingerprint density at radius 1 is 1.07 bits per heavy atom. The summed E-state index contributed by atoms with van der Waals surface area (Å²) in [5.74, 6) is 1.10. The molecular formula is C19H16N4O3S. The van der Waals surface area contributed by atoms with Gasteiger partial charge in [-0.1, -0.05) is 12.1 Å². The number of aromatic nitrogens is 1. The van der Waals surface area contributed by atoms with Gasteiger partial charge in [-0.2, -0.15) is 5.26 Å². The minimum Gasteiger partial charge on any atom is -0.493 e. The van der Waals surface area contributed by atoms with Crippen molar-refractivity contribution in [2.75, 3.05) is 24.9 Å². The number of nitrogens with one attached hydrogen (secondary N) is 2. The van der Waals surface area contributed by atoms with Crippen LogP contribution in [0.2, 0.25) is 0 Å². The number of anilines is 2. The molecular weight excluding hydrogens is 364 g/mol. The molecule has 0 fully saturated rings. The molecule has 8 heteroatoms. The van der Waals surface area contributed by atoms with Gasteiger partial charge in [-0.15, -0.1) is 11.3 Å². The third-order valence-electron chi connectivity index (χ3n) is 3.68. The number of urea groups is 1. The lowest BCUT2D eigenvalue weighted by Gasteiger charge is -2.10. The molecule has 0 unspecified atom stereocenters. The van der Waals surface area contributed by atoms with Crippen LogP contribution in [0.15, 0.2) is 47.8 Å². The standard InChI is InChI=1S/C19H16N4O3S/c1-25-16-8-7-14(9-17(16)26-2)21-18(24)23-19-22-15(11-27-19)13-5-3-12(10-20)4-6-13/h3-9,11H,1-2H3,(H2,21,22,23,24). The van der Waals surface area contributed by atoms with Crippen LogP contribution >= 0.6 is 11.3 Å². The second-order valence-electron chi connectivity index (χ2n) is 5.38. The van der Waals surface area contributed by atoms with Gasteiger partial charge in [0.25, 0.3) is 0 Å². The third kappa shape index (κ3) is 4.34. The maximum Gasteiger partial charge on any atom is 0.325 e. The van der Waals surface area contributed by atoms with Crippen molar-refractivity contribution >= 4 is 28.2 Å². The van der Waals surface area contributed by atoms with Gasteiger partial charge >= 0.3 is 6.03 Å². The van der Waals surface area contributed by atoms with Crippen LogP contribution in [-0.4, -0.2) is 25.2 Å². The topological polar surface area (TPSA) is 96.3 Å². The molecule has 0 bridgehead atoms. The maximum atomic E-state index is 12.2. The summed E-state index contributed by atoms with van der Waals surface area (Å²) in [6.45, 7) is 0. The molecule has 2 aromatic carbocycles. The first kappa shape index (κ1) is 18.2. The Morgan fingerprint density at radius 3 is 2.48 bits per heavy atom.